The molecule has 2 aromatic carbocycles. The lowest BCUT2D eigenvalue weighted by atomic mass is 10.2. The Balaban J connectivity index is 1.74. The maximum absolute atomic E-state index is 12.2. The molecule has 0 saturated carbocycles. The predicted octanol–water partition coefficient (Wildman–Crippen LogP) is 3.84. The number of carbonyl (C=O) groups is 1. The molecular weight excluding hydrogens is 338 g/mol. The molecule has 0 unspecified atom stereocenters. The molecule has 3 rings (SSSR count). The van der Waals surface area contributed by atoms with E-state index in [0.717, 1.165) is 23.1 Å². The Hall–Kier alpha value is -2.37. The van der Waals surface area contributed by atoms with Crippen LogP contribution in [0.1, 0.15) is 23.7 Å². The van der Waals surface area contributed by atoms with E-state index in [0.29, 0.717) is 30.3 Å². The van der Waals surface area contributed by atoms with E-state index in [1.54, 1.807) is 12.4 Å². The number of fused-ring (bicyclic) bond motifs is 1. The zero-order valence-electron chi connectivity index (χ0n) is 14.0. The van der Waals surface area contributed by atoms with E-state index in [1.807, 2.05) is 47.9 Å². The quantitative estimate of drug-likeness (QED) is 0.654. The largest absolute Gasteiger partial charge is 0.382 e. The van der Waals surface area contributed by atoms with Gasteiger partial charge in [0.2, 0.25) is 0 Å². The van der Waals surface area contributed by atoms with Crippen LogP contribution in [0.25, 0.3) is 16.7 Å². The maximum atomic E-state index is 12.2. The van der Waals surface area contributed by atoms with Gasteiger partial charge in [-0.05, 0) is 49.7 Å². The molecule has 0 aliphatic heterocycles. The van der Waals surface area contributed by atoms with E-state index in [2.05, 4.69) is 10.3 Å². The van der Waals surface area contributed by atoms with Crippen molar-refractivity contribution in [3.63, 3.8) is 0 Å². The molecule has 1 N–H and O–H groups in total. The first-order chi connectivity index (χ1) is 12.2. The number of nitrogens with zero attached hydrogens (tertiary/aromatic N) is 2. The lowest BCUT2D eigenvalue weighted by molar-refractivity contribution is 0.0944. The summed E-state index contributed by atoms with van der Waals surface area (Å²) in [6.45, 7) is 3.89. The molecule has 5 nitrogen and oxygen atoms in total. The van der Waals surface area contributed by atoms with Crippen molar-refractivity contribution in [3.05, 3.63) is 59.4 Å². The van der Waals surface area contributed by atoms with Crippen molar-refractivity contribution in [2.45, 2.75) is 13.3 Å². The van der Waals surface area contributed by atoms with Crippen molar-refractivity contribution < 1.29 is 9.53 Å². The Labute approximate surface area is 151 Å². The highest BCUT2D eigenvalue weighted by molar-refractivity contribution is 6.30. The third-order valence-corrected chi connectivity index (χ3v) is 4.09. The van der Waals surface area contributed by atoms with Gasteiger partial charge < -0.3 is 10.1 Å². The molecule has 1 amide bonds. The first-order valence-corrected chi connectivity index (χ1v) is 8.66. The van der Waals surface area contributed by atoms with Crippen LogP contribution in [0.3, 0.4) is 0 Å². The Bertz CT molecular complexity index is 876. The minimum Gasteiger partial charge on any atom is -0.382 e. The summed E-state index contributed by atoms with van der Waals surface area (Å²) < 4.78 is 7.21. The first-order valence-electron chi connectivity index (χ1n) is 8.28. The van der Waals surface area contributed by atoms with Crippen molar-refractivity contribution in [1.82, 2.24) is 14.9 Å². The van der Waals surface area contributed by atoms with Crippen molar-refractivity contribution >= 4 is 28.5 Å². The van der Waals surface area contributed by atoms with Gasteiger partial charge in [-0.1, -0.05) is 17.7 Å². The normalized spacial score (nSPS) is 11.0. The molecule has 1 heterocycles. The fourth-order valence-electron chi connectivity index (χ4n) is 2.61. The molecule has 3 aromatic rings. The van der Waals surface area contributed by atoms with Gasteiger partial charge in [-0.3, -0.25) is 9.36 Å². The zero-order valence-corrected chi connectivity index (χ0v) is 14.8. The van der Waals surface area contributed by atoms with Crippen molar-refractivity contribution in [1.29, 1.82) is 0 Å². The second-order valence-corrected chi connectivity index (χ2v) is 6.04. The average molecular weight is 358 g/mol. The van der Waals surface area contributed by atoms with E-state index >= 15 is 0 Å². The number of ether oxygens (including phenoxy) is 1. The van der Waals surface area contributed by atoms with Crippen molar-refractivity contribution in [2.24, 2.45) is 0 Å². The second-order valence-electron chi connectivity index (χ2n) is 5.60. The molecule has 0 bridgehead atoms. The molecule has 0 aliphatic rings. The minimum atomic E-state index is -0.101. The van der Waals surface area contributed by atoms with E-state index in [-0.39, 0.29) is 5.91 Å². The summed E-state index contributed by atoms with van der Waals surface area (Å²) in [5, 5.41) is 3.57. The predicted molar refractivity (Wildman–Crippen MR) is 99.5 cm³/mol. The number of nitrogens with one attached hydrogen (secondary N) is 1. The summed E-state index contributed by atoms with van der Waals surface area (Å²) in [6, 6.07) is 13.1. The van der Waals surface area contributed by atoms with Gasteiger partial charge in [-0.15, -0.1) is 0 Å². The van der Waals surface area contributed by atoms with E-state index in [4.69, 9.17) is 16.3 Å². The van der Waals surface area contributed by atoms with Gasteiger partial charge in [-0.2, -0.15) is 0 Å². The van der Waals surface area contributed by atoms with Crippen LogP contribution in [0.2, 0.25) is 5.02 Å². The van der Waals surface area contributed by atoms with Gasteiger partial charge in [0, 0.05) is 36.0 Å². The lowest BCUT2D eigenvalue weighted by Crippen LogP contribution is -2.25. The number of hydrogen-bond donors (Lipinski definition) is 1. The van der Waals surface area contributed by atoms with Gasteiger partial charge in [0.25, 0.3) is 5.91 Å². The number of rotatable bonds is 7. The Morgan fingerprint density at radius 2 is 2.16 bits per heavy atom. The van der Waals surface area contributed by atoms with Gasteiger partial charge in [0.15, 0.2) is 0 Å². The monoisotopic (exact) mass is 357 g/mol. The van der Waals surface area contributed by atoms with Gasteiger partial charge in [0.1, 0.15) is 6.33 Å². The number of imidazole rings is 1. The number of hydrogen-bond acceptors (Lipinski definition) is 3. The van der Waals surface area contributed by atoms with Crippen LogP contribution < -0.4 is 5.32 Å². The molecule has 0 atom stereocenters. The van der Waals surface area contributed by atoms with Crippen LogP contribution in [0.5, 0.6) is 0 Å². The molecule has 1 aromatic heterocycles. The lowest BCUT2D eigenvalue weighted by Gasteiger charge is -2.07. The Kier molecular flexibility index (Phi) is 5.68. The first kappa shape index (κ1) is 17.5. The molecular formula is C19H20ClN3O2. The minimum absolute atomic E-state index is 0.101. The molecule has 0 spiro atoms. The average Bonchev–Trinajstić information content (AvgIpc) is 3.04. The summed E-state index contributed by atoms with van der Waals surface area (Å²) in [7, 11) is 0. The highest BCUT2D eigenvalue weighted by atomic mass is 35.5. The summed E-state index contributed by atoms with van der Waals surface area (Å²) in [5.41, 5.74) is 3.22. The number of halogens is 1. The highest BCUT2D eigenvalue weighted by Crippen LogP contribution is 2.21. The van der Waals surface area contributed by atoms with Gasteiger partial charge >= 0.3 is 0 Å². The van der Waals surface area contributed by atoms with E-state index in [1.165, 1.54) is 0 Å². The van der Waals surface area contributed by atoms with Crippen LogP contribution in [0, 0.1) is 0 Å². The molecule has 0 saturated heterocycles. The standard InChI is InChI=1S/C19H20ClN3O2/c1-2-25-10-4-9-21-19(24)14-7-8-18-17(11-14)22-13-23(18)16-6-3-5-15(20)12-16/h3,5-8,11-13H,2,4,9-10H2,1H3,(H,21,24). The van der Waals surface area contributed by atoms with Crippen molar-refractivity contribution in [2.75, 3.05) is 19.8 Å². The SMILES string of the molecule is CCOCCCNC(=O)c1ccc2c(c1)ncn2-c1cccc(Cl)c1. The van der Waals surface area contributed by atoms with Gasteiger partial charge in [0.05, 0.1) is 11.0 Å². The van der Waals surface area contributed by atoms with Crippen LogP contribution in [0.4, 0.5) is 0 Å². The van der Waals surface area contributed by atoms with Crippen LogP contribution in [-0.4, -0.2) is 35.2 Å². The van der Waals surface area contributed by atoms with Crippen LogP contribution >= 0.6 is 11.6 Å². The number of amides is 1. The zero-order chi connectivity index (χ0) is 17.6. The van der Waals surface area contributed by atoms with Crippen molar-refractivity contribution in [3.8, 4) is 5.69 Å². The summed E-state index contributed by atoms with van der Waals surface area (Å²) in [6.07, 6.45) is 2.53. The molecule has 0 fully saturated rings. The van der Waals surface area contributed by atoms with Gasteiger partial charge in [-0.25, -0.2) is 4.98 Å². The van der Waals surface area contributed by atoms with E-state index in [9.17, 15) is 4.79 Å². The van der Waals surface area contributed by atoms with Crippen LogP contribution in [0.15, 0.2) is 48.8 Å². The fraction of sp³-hybridized carbons (Fsp3) is 0.263. The van der Waals surface area contributed by atoms with Crippen LogP contribution in [-0.2, 0) is 4.74 Å². The fourth-order valence-corrected chi connectivity index (χ4v) is 2.79. The number of carbonyl (C=O) groups excluding carboxylic acids is 1. The maximum Gasteiger partial charge on any atom is 0.251 e. The molecule has 0 radical (unpaired) electrons. The second kappa shape index (κ2) is 8.14. The summed E-state index contributed by atoms with van der Waals surface area (Å²) in [5.74, 6) is -0.101. The molecule has 25 heavy (non-hydrogen) atoms. The summed E-state index contributed by atoms with van der Waals surface area (Å²) >= 11 is 6.06. The number of benzene rings is 2. The Morgan fingerprint density at radius 1 is 1.28 bits per heavy atom. The highest BCUT2D eigenvalue weighted by Gasteiger charge is 2.10. The number of aromatic nitrogens is 2. The molecule has 130 valence electrons. The molecule has 6 heteroatoms. The smallest absolute Gasteiger partial charge is 0.251 e. The van der Waals surface area contributed by atoms with E-state index < -0.39 is 0 Å². The summed E-state index contributed by atoms with van der Waals surface area (Å²) in [4.78, 5) is 16.6. The topological polar surface area (TPSA) is 56.1 Å². The third-order valence-electron chi connectivity index (χ3n) is 3.85. The Morgan fingerprint density at radius 3 is 2.96 bits per heavy atom. The molecule has 0 aliphatic carbocycles. The third kappa shape index (κ3) is 4.18.